The summed E-state index contributed by atoms with van der Waals surface area (Å²) in [6.45, 7) is 6.15. The maximum absolute atomic E-state index is 12.6. The Balaban J connectivity index is 1.76. The first-order valence-corrected chi connectivity index (χ1v) is 9.85. The first-order valence-electron chi connectivity index (χ1n) is 9.48. The first-order chi connectivity index (χ1) is 14.0. The van der Waals surface area contributed by atoms with Crippen LogP contribution in [0.5, 0.6) is 0 Å². The Morgan fingerprint density at radius 2 is 1.86 bits per heavy atom. The summed E-state index contributed by atoms with van der Waals surface area (Å²) in [6, 6.07) is 13.9. The van der Waals surface area contributed by atoms with E-state index in [2.05, 4.69) is 29.0 Å². The number of carbonyl (C=O) groups is 1. The summed E-state index contributed by atoms with van der Waals surface area (Å²) in [5, 5.41) is 3.40. The molecule has 0 radical (unpaired) electrons. The van der Waals surface area contributed by atoms with E-state index in [4.69, 9.17) is 11.6 Å². The lowest BCUT2D eigenvalue weighted by molar-refractivity contribution is 0.102. The van der Waals surface area contributed by atoms with Gasteiger partial charge in [0.05, 0.1) is 24.0 Å². The number of rotatable bonds is 7. The molecule has 0 aliphatic rings. The summed E-state index contributed by atoms with van der Waals surface area (Å²) in [4.78, 5) is 31.4. The zero-order valence-corrected chi connectivity index (χ0v) is 17.2. The van der Waals surface area contributed by atoms with E-state index >= 15 is 0 Å². The Kier molecular flexibility index (Phi) is 6.67. The standard InChI is InChI=1S/C22H23ClN4O2/c1-3-26(4-2)20-11-10-18(13-24-20)25-22(29)17-9-12-21(28)27(15-17)14-16-7-5-6-8-19(16)23/h5-13,15H,3-4,14H2,1-2H3,(H,25,29). The minimum atomic E-state index is -0.310. The van der Waals surface area contributed by atoms with Gasteiger partial charge < -0.3 is 14.8 Å². The molecule has 0 atom stereocenters. The van der Waals surface area contributed by atoms with Crippen LogP contribution >= 0.6 is 11.6 Å². The third kappa shape index (κ3) is 5.03. The highest BCUT2D eigenvalue weighted by atomic mass is 35.5. The van der Waals surface area contributed by atoms with Crippen molar-refractivity contribution in [3.8, 4) is 0 Å². The van der Waals surface area contributed by atoms with Gasteiger partial charge in [0, 0.05) is 30.4 Å². The molecule has 1 N–H and O–H groups in total. The fourth-order valence-electron chi connectivity index (χ4n) is 3.00. The van der Waals surface area contributed by atoms with Gasteiger partial charge in [0.15, 0.2) is 0 Å². The van der Waals surface area contributed by atoms with E-state index in [-0.39, 0.29) is 11.5 Å². The van der Waals surface area contributed by atoms with Crippen LogP contribution in [0.3, 0.4) is 0 Å². The fourth-order valence-corrected chi connectivity index (χ4v) is 3.19. The van der Waals surface area contributed by atoms with E-state index in [1.807, 2.05) is 30.3 Å². The molecule has 29 heavy (non-hydrogen) atoms. The van der Waals surface area contributed by atoms with Crippen molar-refractivity contribution in [3.05, 3.63) is 87.4 Å². The number of nitrogens with one attached hydrogen (secondary N) is 1. The van der Waals surface area contributed by atoms with Gasteiger partial charge in [-0.05, 0) is 43.7 Å². The molecular weight excluding hydrogens is 388 g/mol. The zero-order valence-electron chi connectivity index (χ0n) is 16.4. The number of carbonyl (C=O) groups excluding carboxylic acids is 1. The Labute approximate surface area is 174 Å². The molecule has 7 heteroatoms. The predicted molar refractivity (Wildman–Crippen MR) is 117 cm³/mol. The van der Waals surface area contributed by atoms with Gasteiger partial charge in [0.25, 0.3) is 11.5 Å². The van der Waals surface area contributed by atoms with Gasteiger partial charge in [-0.2, -0.15) is 0 Å². The topological polar surface area (TPSA) is 67.2 Å². The smallest absolute Gasteiger partial charge is 0.257 e. The molecule has 1 aromatic carbocycles. The maximum atomic E-state index is 12.6. The van der Waals surface area contributed by atoms with Gasteiger partial charge in [0.2, 0.25) is 0 Å². The normalized spacial score (nSPS) is 10.6. The highest BCUT2D eigenvalue weighted by Gasteiger charge is 2.10. The summed E-state index contributed by atoms with van der Waals surface area (Å²) in [5.41, 5.74) is 1.58. The number of benzene rings is 1. The third-order valence-electron chi connectivity index (χ3n) is 4.64. The Morgan fingerprint density at radius 1 is 1.10 bits per heavy atom. The molecule has 0 fully saturated rings. The van der Waals surface area contributed by atoms with E-state index in [0.717, 1.165) is 24.5 Å². The van der Waals surface area contributed by atoms with Crippen LogP contribution in [0, 0.1) is 0 Å². The molecular formula is C22H23ClN4O2. The lowest BCUT2D eigenvalue weighted by Gasteiger charge is -2.19. The van der Waals surface area contributed by atoms with Crippen LogP contribution in [0.4, 0.5) is 11.5 Å². The van der Waals surface area contributed by atoms with Crippen LogP contribution in [-0.2, 0) is 6.54 Å². The lowest BCUT2D eigenvalue weighted by Crippen LogP contribution is -2.23. The molecule has 150 valence electrons. The van der Waals surface area contributed by atoms with Crippen molar-refractivity contribution >= 4 is 29.0 Å². The van der Waals surface area contributed by atoms with Crippen LogP contribution in [0.1, 0.15) is 29.8 Å². The molecule has 1 amide bonds. The highest BCUT2D eigenvalue weighted by molar-refractivity contribution is 6.31. The molecule has 0 aliphatic carbocycles. The number of hydrogen-bond acceptors (Lipinski definition) is 4. The second-order valence-electron chi connectivity index (χ2n) is 6.51. The van der Waals surface area contributed by atoms with Crippen LogP contribution in [0.25, 0.3) is 0 Å². The molecule has 0 spiro atoms. The van der Waals surface area contributed by atoms with Crippen LogP contribution in [-0.4, -0.2) is 28.5 Å². The second-order valence-corrected chi connectivity index (χ2v) is 6.91. The van der Waals surface area contributed by atoms with Crippen molar-refractivity contribution in [2.24, 2.45) is 0 Å². The first kappa shape index (κ1) is 20.6. The van der Waals surface area contributed by atoms with Crippen molar-refractivity contribution in [2.75, 3.05) is 23.3 Å². The van der Waals surface area contributed by atoms with Gasteiger partial charge in [-0.15, -0.1) is 0 Å². The second kappa shape index (κ2) is 9.39. The summed E-state index contributed by atoms with van der Waals surface area (Å²) >= 11 is 6.19. The minimum absolute atomic E-state index is 0.202. The summed E-state index contributed by atoms with van der Waals surface area (Å²) < 4.78 is 1.47. The van der Waals surface area contributed by atoms with Crippen molar-refractivity contribution in [1.29, 1.82) is 0 Å². The van der Waals surface area contributed by atoms with Gasteiger partial charge in [0.1, 0.15) is 5.82 Å². The number of nitrogens with zero attached hydrogens (tertiary/aromatic N) is 3. The molecule has 3 aromatic rings. The number of halogens is 1. The van der Waals surface area contributed by atoms with Crippen molar-refractivity contribution in [3.63, 3.8) is 0 Å². The molecule has 0 unspecified atom stereocenters. The zero-order chi connectivity index (χ0) is 20.8. The molecule has 2 heterocycles. The Hall–Kier alpha value is -3.12. The summed E-state index contributed by atoms with van der Waals surface area (Å²) in [6.07, 6.45) is 3.17. The molecule has 6 nitrogen and oxygen atoms in total. The van der Waals surface area contributed by atoms with Crippen LogP contribution in [0.15, 0.2) is 65.7 Å². The van der Waals surface area contributed by atoms with Gasteiger partial charge in [-0.3, -0.25) is 9.59 Å². The van der Waals surface area contributed by atoms with Crippen LogP contribution < -0.4 is 15.8 Å². The fraction of sp³-hybridized carbons (Fsp3) is 0.227. The SMILES string of the molecule is CCN(CC)c1ccc(NC(=O)c2ccc(=O)n(Cc3ccccc3Cl)c2)cn1. The van der Waals surface area contributed by atoms with Gasteiger partial charge in [-0.25, -0.2) is 4.98 Å². The monoisotopic (exact) mass is 410 g/mol. The lowest BCUT2D eigenvalue weighted by atomic mass is 10.2. The molecule has 0 bridgehead atoms. The van der Waals surface area contributed by atoms with E-state index < -0.39 is 0 Å². The molecule has 2 aromatic heterocycles. The number of pyridine rings is 2. The summed E-state index contributed by atoms with van der Waals surface area (Å²) in [7, 11) is 0. The average molecular weight is 411 g/mol. The maximum Gasteiger partial charge on any atom is 0.257 e. The number of aromatic nitrogens is 2. The minimum Gasteiger partial charge on any atom is -0.357 e. The Morgan fingerprint density at radius 3 is 2.52 bits per heavy atom. The molecule has 3 rings (SSSR count). The quantitative estimate of drug-likeness (QED) is 0.638. The number of hydrogen-bond donors (Lipinski definition) is 1. The predicted octanol–water partition coefficient (Wildman–Crippen LogP) is 4.04. The summed E-state index contributed by atoms with van der Waals surface area (Å²) in [5.74, 6) is 0.552. The number of amides is 1. The Bertz CT molecular complexity index is 1040. The van der Waals surface area contributed by atoms with Crippen molar-refractivity contribution in [2.45, 2.75) is 20.4 Å². The van der Waals surface area contributed by atoms with E-state index in [1.54, 1.807) is 18.5 Å². The van der Waals surface area contributed by atoms with Gasteiger partial charge >= 0.3 is 0 Å². The highest BCUT2D eigenvalue weighted by Crippen LogP contribution is 2.17. The largest absolute Gasteiger partial charge is 0.357 e. The van der Waals surface area contributed by atoms with E-state index in [1.165, 1.54) is 16.7 Å². The third-order valence-corrected chi connectivity index (χ3v) is 5.01. The van der Waals surface area contributed by atoms with E-state index in [9.17, 15) is 9.59 Å². The van der Waals surface area contributed by atoms with E-state index in [0.29, 0.717) is 22.8 Å². The van der Waals surface area contributed by atoms with Crippen molar-refractivity contribution in [1.82, 2.24) is 9.55 Å². The van der Waals surface area contributed by atoms with Gasteiger partial charge in [-0.1, -0.05) is 29.8 Å². The molecule has 0 saturated heterocycles. The molecule has 0 aliphatic heterocycles. The van der Waals surface area contributed by atoms with Crippen LogP contribution in [0.2, 0.25) is 5.02 Å². The number of anilines is 2. The average Bonchev–Trinajstić information content (AvgIpc) is 2.73. The molecule has 0 saturated carbocycles. The van der Waals surface area contributed by atoms with Crippen molar-refractivity contribution < 1.29 is 4.79 Å².